The van der Waals surface area contributed by atoms with Gasteiger partial charge in [-0.1, -0.05) is 30.3 Å². The fraction of sp³-hybridized carbons (Fsp3) is 0.276. The normalized spacial score (nSPS) is 20.0. The number of aromatic amines is 1. The largest absolute Gasteiger partial charge is 0.506 e. The molecule has 5 aromatic rings. The van der Waals surface area contributed by atoms with Crippen molar-refractivity contribution in [3.63, 3.8) is 0 Å². The van der Waals surface area contributed by atoms with E-state index in [4.69, 9.17) is 10.7 Å². The number of anilines is 1. The molecule has 0 spiro atoms. The molecule has 0 aliphatic carbocycles. The van der Waals surface area contributed by atoms with E-state index < -0.39 is 0 Å². The van der Waals surface area contributed by atoms with Gasteiger partial charge in [-0.05, 0) is 38.7 Å². The number of hydrogen-bond donors (Lipinski definition) is 3. The molecule has 12 heteroatoms. The van der Waals surface area contributed by atoms with Gasteiger partial charge in [0.05, 0.1) is 17.5 Å². The molecule has 2 saturated heterocycles. The molecule has 3 atom stereocenters. The molecule has 7 rings (SSSR count). The van der Waals surface area contributed by atoms with E-state index in [1.807, 2.05) is 35.2 Å². The van der Waals surface area contributed by atoms with Crippen LogP contribution in [-0.2, 0) is 0 Å². The Hall–Kier alpha value is -5.13. The van der Waals surface area contributed by atoms with Crippen LogP contribution in [-0.4, -0.2) is 68.5 Å². The highest BCUT2D eigenvalue weighted by molar-refractivity contribution is 6.00. The molecule has 4 N–H and O–H groups in total. The van der Waals surface area contributed by atoms with Gasteiger partial charge in [-0.25, -0.2) is 4.98 Å². The molecule has 206 valence electrons. The van der Waals surface area contributed by atoms with Gasteiger partial charge in [-0.3, -0.25) is 14.6 Å². The summed E-state index contributed by atoms with van der Waals surface area (Å²) in [6, 6.07) is 11.1. The van der Waals surface area contributed by atoms with E-state index in [2.05, 4.69) is 25.3 Å². The van der Waals surface area contributed by atoms with E-state index in [0.29, 0.717) is 46.6 Å². The van der Waals surface area contributed by atoms with E-state index in [1.54, 1.807) is 18.5 Å². The van der Waals surface area contributed by atoms with Crippen molar-refractivity contribution < 1.29 is 14.7 Å². The van der Waals surface area contributed by atoms with E-state index in [9.17, 15) is 14.7 Å². The number of Topliss-reactive ketones (excluding diaryl/α,β-unsaturated/α-hetero) is 1. The smallest absolute Gasteiger partial charge is 0.292 e. The first-order valence-corrected chi connectivity index (χ1v) is 13.5. The number of aromatic nitrogens is 7. The van der Waals surface area contributed by atoms with Crippen molar-refractivity contribution in [1.29, 1.82) is 0 Å². The third-order valence-electron chi connectivity index (χ3n) is 8.26. The number of fused-ring (bicyclic) bond motifs is 3. The number of carbonyl (C=O) groups excluding carboxylic acids is 2. The van der Waals surface area contributed by atoms with Gasteiger partial charge in [-0.15, -0.1) is 10.2 Å². The number of amides is 1. The molecule has 0 saturated carbocycles. The van der Waals surface area contributed by atoms with Crippen molar-refractivity contribution in [3.05, 3.63) is 72.2 Å². The van der Waals surface area contributed by atoms with E-state index >= 15 is 0 Å². The first kappa shape index (κ1) is 24.9. The highest BCUT2D eigenvalue weighted by Crippen LogP contribution is 2.45. The monoisotopic (exact) mass is 549 g/mol. The zero-order chi connectivity index (χ0) is 28.2. The summed E-state index contributed by atoms with van der Waals surface area (Å²) in [7, 11) is 0. The van der Waals surface area contributed by atoms with Gasteiger partial charge in [0.25, 0.3) is 5.91 Å². The number of nitrogen functional groups attached to an aromatic ring is 1. The lowest BCUT2D eigenvalue weighted by molar-refractivity contribution is 0.0556. The van der Waals surface area contributed by atoms with Crippen molar-refractivity contribution in [2.75, 3.05) is 5.73 Å². The Morgan fingerprint density at radius 2 is 1.83 bits per heavy atom. The number of carbonyl (C=O) groups is 2. The number of ketones is 1. The summed E-state index contributed by atoms with van der Waals surface area (Å²) < 4.78 is 1.47. The van der Waals surface area contributed by atoms with Crippen LogP contribution in [0.25, 0.3) is 28.0 Å². The zero-order valence-corrected chi connectivity index (χ0v) is 22.2. The Morgan fingerprint density at radius 3 is 2.49 bits per heavy atom. The van der Waals surface area contributed by atoms with Crippen molar-refractivity contribution >= 4 is 23.2 Å². The number of nitrogens with one attached hydrogen (secondary N) is 1. The fourth-order valence-electron chi connectivity index (χ4n) is 6.48. The molecule has 0 unspecified atom stereocenters. The topological polar surface area (TPSA) is 168 Å². The summed E-state index contributed by atoms with van der Waals surface area (Å²) in [5, 5.41) is 22.9. The minimum absolute atomic E-state index is 0.00790. The molecule has 2 aliphatic heterocycles. The highest BCUT2D eigenvalue weighted by atomic mass is 16.3. The summed E-state index contributed by atoms with van der Waals surface area (Å²) in [6.45, 7) is 1.48. The number of hydrogen-bond acceptors (Lipinski definition) is 9. The quantitative estimate of drug-likeness (QED) is 0.277. The molecular formula is C29H27N9O3. The van der Waals surface area contributed by atoms with Crippen molar-refractivity contribution in [1.82, 2.24) is 39.7 Å². The van der Waals surface area contributed by atoms with Crippen LogP contribution in [0.5, 0.6) is 5.75 Å². The molecule has 12 nitrogen and oxygen atoms in total. The highest BCUT2D eigenvalue weighted by Gasteiger charge is 2.45. The minimum Gasteiger partial charge on any atom is -0.506 e. The van der Waals surface area contributed by atoms with Gasteiger partial charge in [-0.2, -0.15) is 9.61 Å². The lowest BCUT2D eigenvalue weighted by atomic mass is 9.85. The van der Waals surface area contributed by atoms with E-state index in [-0.39, 0.29) is 47.1 Å². The predicted molar refractivity (Wildman–Crippen MR) is 149 cm³/mol. The van der Waals surface area contributed by atoms with Crippen molar-refractivity contribution in [2.24, 2.45) is 0 Å². The summed E-state index contributed by atoms with van der Waals surface area (Å²) in [5.74, 6) is 0.0478. The van der Waals surface area contributed by atoms with Crippen LogP contribution in [0.1, 0.15) is 65.2 Å². The summed E-state index contributed by atoms with van der Waals surface area (Å²) in [5.41, 5.74) is 10.5. The number of rotatable bonds is 5. The van der Waals surface area contributed by atoms with Crippen LogP contribution >= 0.6 is 0 Å². The Labute approximate surface area is 234 Å². The standard InChI is InChI=1S/C29H27N9O3/c1-15(39)23-25(17-9-19-7-8-20(10-17)37(19)29(41)27-32-14-33-36-27)35-28-21(13-34-38(28)26(23)30)18-11-22(40)24(31-12-18)16-5-3-2-4-6-16/h2-6,11-14,17,19-20,40H,7-10,30H2,1H3,(H,32,33,36)/t17-,19-,20+. The number of aromatic hydroxyl groups is 1. The maximum Gasteiger partial charge on any atom is 0.292 e. The molecule has 41 heavy (non-hydrogen) atoms. The number of H-pyrrole nitrogens is 1. The first-order chi connectivity index (χ1) is 19.9. The van der Waals surface area contributed by atoms with E-state index in [0.717, 1.165) is 18.4 Å². The van der Waals surface area contributed by atoms with Crippen LogP contribution in [0.4, 0.5) is 5.82 Å². The van der Waals surface area contributed by atoms with Crippen LogP contribution < -0.4 is 5.73 Å². The van der Waals surface area contributed by atoms with Gasteiger partial charge >= 0.3 is 0 Å². The van der Waals surface area contributed by atoms with Gasteiger partial charge in [0.15, 0.2) is 11.4 Å². The average molecular weight is 550 g/mol. The number of nitrogens with zero attached hydrogens (tertiary/aromatic N) is 7. The molecule has 1 amide bonds. The SMILES string of the molecule is CC(=O)c1c([C@@H]2C[C@H]3CC[C@@H](C2)N3C(=O)c2nnc[nH]2)nc2c(-c3cnc(-c4ccccc4)c(O)c3)cnn2c1N. The second-order valence-corrected chi connectivity index (χ2v) is 10.7. The summed E-state index contributed by atoms with van der Waals surface area (Å²) in [4.78, 5) is 40.3. The first-order valence-electron chi connectivity index (χ1n) is 13.5. The molecule has 2 aliphatic rings. The molecule has 4 aromatic heterocycles. The van der Waals surface area contributed by atoms with Gasteiger partial charge in [0.1, 0.15) is 23.6 Å². The number of piperidine rings is 1. The Kier molecular flexibility index (Phi) is 5.77. The molecule has 1 aromatic carbocycles. The lowest BCUT2D eigenvalue weighted by Gasteiger charge is -2.38. The Balaban J connectivity index is 1.28. The summed E-state index contributed by atoms with van der Waals surface area (Å²) in [6.07, 6.45) is 7.72. The summed E-state index contributed by atoms with van der Waals surface area (Å²) >= 11 is 0. The maximum atomic E-state index is 13.1. The van der Waals surface area contributed by atoms with Crippen molar-refractivity contribution in [3.8, 4) is 28.1 Å². The van der Waals surface area contributed by atoms with Crippen LogP contribution in [0.2, 0.25) is 0 Å². The second-order valence-electron chi connectivity index (χ2n) is 10.7. The number of nitrogens with two attached hydrogens (primary N) is 1. The molecule has 0 radical (unpaired) electrons. The molecule has 2 fully saturated rings. The lowest BCUT2D eigenvalue weighted by Crippen LogP contribution is -2.46. The zero-order valence-electron chi connectivity index (χ0n) is 22.2. The van der Waals surface area contributed by atoms with Crippen molar-refractivity contribution in [2.45, 2.75) is 50.6 Å². The second kappa shape index (κ2) is 9.51. The number of benzene rings is 1. The molecular weight excluding hydrogens is 522 g/mol. The van der Waals surface area contributed by atoms with Gasteiger partial charge < -0.3 is 20.7 Å². The van der Waals surface area contributed by atoms with Crippen LogP contribution in [0.15, 0.2) is 55.1 Å². The van der Waals surface area contributed by atoms with Gasteiger partial charge in [0.2, 0.25) is 5.82 Å². The average Bonchev–Trinajstić information content (AvgIpc) is 3.71. The molecule has 6 heterocycles. The third-order valence-corrected chi connectivity index (χ3v) is 8.26. The van der Waals surface area contributed by atoms with E-state index in [1.165, 1.54) is 17.8 Å². The van der Waals surface area contributed by atoms with Crippen LogP contribution in [0.3, 0.4) is 0 Å². The van der Waals surface area contributed by atoms with Crippen LogP contribution in [0, 0.1) is 0 Å². The Bertz CT molecular complexity index is 1790. The number of pyridine rings is 1. The maximum absolute atomic E-state index is 13.1. The fourth-order valence-corrected chi connectivity index (χ4v) is 6.48. The predicted octanol–water partition coefficient (Wildman–Crippen LogP) is 3.62. The Morgan fingerprint density at radius 1 is 1.07 bits per heavy atom. The minimum atomic E-state index is -0.192. The third kappa shape index (κ3) is 4.01. The molecule has 2 bridgehead atoms. The van der Waals surface area contributed by atoms with Gasteiger partial charge in [0, 0.05) is 40.9 Å².